The summed E-state index contributed by atoms with van der Waals surface area (Å²) in [4.78, 5) is 0. The summed E-state index contributed by atoms with van der Waals surface area (Å²) in [6, 6.07) is 0. The smallest absolute Gasteiger partial charge is 0.133 e. The highest BCUT2D eigenvalue weighted by Gasteiger charge is 2.15. The third-order valence-corrected chi connectivity index (χ3v) is 2.68. The number of alkyl halides is 1. The SMILES string of the molecule is CCCCOC(Cl)C(CC)CC. The van der Waals surface area contributed by atoms with Crippen molar-refractivity contribution in [2.24, 2.45) is 5.92 Å². The molecule has 0 heterocycles. The standard InChI is InChI=1S/C10H21ClO/c1-4-7-8-12-10(11)9(5-2)6-3/h9-10H,4-8H2,1-3H3. The molecule has 2 heteroatoms. The van der Waals surface area contributed by atoms with Gasteiger partial charge in [-0.15, -0.1) is 0 Å². The number of unbranched alkanes of at least 4 members (excludes halogenated alkanes) is 1. The van der Waals surface area contributed by atoms with Gasteiger partial charge in [-0.05, 0) is 25.2 Å². The molecule has 1 atom stereocenters. The maximum absolute atomic E-state index is 6.06. The van der Waals surface area contributed by atoms with Crippen LogP contribution in [0.3, 0.4) is 0 Å². The normalized spacial score (nSPS) is 13.8. The third kappa shape index (κ3) is 5.00. The quantitative estimate of drug-likeness (QED) is 0.441. The van der Waals surface area contributed by atoms with Crippen molar-refractivity contribution in [2.75, 3.05) is 6.61 Å². The molecule has 0 saturated heterocycles. The average Bonchev–Trinajstić information content (AvgIpc) is 2.07. The first-order chi connectivity index (χ1) is 5.76. The van der Waals surface area contributed by atoms with E-state index in [0.29, 0.717) is 5.92 Å². The Labute approximate surface area is 81.4 Å². The van der Waals surface area contributed by atoms with Gasteiger partial charge in [0.2, 0.25) is 0 Å². The maximum atomic E-state index is 6.06. The maximum Gasteiger partial charge on any atom is 0.133 e. The van der Waals surface area contributed by atoms with E-state index >= 15 is 0 Å². The summed E-state index contributed by atoms with van der Waals surface area (Å²) >= 11 is 6.06. The largest absolute Gasteiger partial charge is 0.362 e. The van der Waals surface area contributed by atoms with Crippen molar-refractivity contribution in [3.8, 4) is 0 Å². The molecule has 0 bridgehead atoms. The lowest BCUT2D eigenvalue weighted by atomic mass is 10.1. The molecule has 0 aliphatic carbocycles. The first-order valence-corrected chi connectivity index (χ1v) is 5.45. The zero-order valence-electron chi connectivity index (χ0n) is 8.48. The van der Waals surface area contributed by atoms with E-state index in [2.05, 4.69) is 20.8 Å². The summed E-state index contributed by atoms with van der Waals surface area (Å²) in [6.07, 6.45) is 4.50. The van der Waals surface area contributed by atoms with Crippen LogP contribution in [0.5, 0.6) is 0 Å². The molecule has 0 saturated carbocycles. The Balaban J connectivity index is 3.47. The molecule has 0 amide bonds. The minimum absolute atomic E-state index is 0.0773. The summed E-state index contributed by atoms with van der Waals surface area (Å²) < 4.78 is 5.49. The number of hydrogen-bond donors (Lipinski definition) is 0. The van der Waals surface area contributed by atoms with Gasteiger partial charge >= 0.3 is 0 Å². The molecule has 0 fully saturated rings. The molecule has 0 aromatic heterocycles. The summed E-state index contributed by atoms with van der Waals surface area (Å²) in [6.45, 7) is 7.28. The molecule has 0 aliphatic rings. The minimum atomic E-state index is -0.0773. The first-order valence-electron chi connectivity index (χ1n) is 5.01. The second kappa shape index (κ2) is 7.88. The Morgan fingerprint density at radius 1 is 1.17 bits per heavy atom. The molecule has 0 spiro atoms. The third-order valence-electron chi connectivity index (χ3n) is 2.19. The van der Waals surface area contributed by atoms with Crippen molar-refractivity contribution in [3.63, 3.8) is 0 Å². The van der Waals surface area contributed by atoms with E-state index in [4.69, 9.17) is 16.3 Å². The fraction of sp³-hybridized carbons (Fsp3) is 1.00. The zero-order valence-corrected chi connectivity index (χ0v) is 9.23. The van der Waals surface area contributed by atoms with Crippen LogP contribution >= 0.6 is 11.6 Å². The zero-order chi connectivity index (χ0) is 9.40. The van der Waals surface area contributed by atoms with Crippen molar-refractivity contribution in [3.05, 3.63) is 0 Å². The van der Waals surface area contributed by atoms with Crippen LogP contribution in [0.15, 0.2) is 0 Å². The van der Waals surface area contributed by atoms with E-state index in [1.165, 1.54) is 6.42 Å². The van der Waals surface area contributed by atoms with E-state index in [0.717, 1.165) is 25.9 Å². The first kappa shape index (κ1) is 12.2. The van der Waals surface area contributed by atoms with Crippen LogP contribution < -0.4 is 0 Å². The van der Waals surface area contributed by atoms with Crippen LogP contribution in [0, 0.1) is 5.92 Å². The van der Waals surface area contributed by atoms with Crippen molar-refractivity contribution < 1.29 is 4.74 Å². The molecule has 0 radical (unpaired) electrons. The van der Waals surface area contributed by atoms with Crippen LogP contribution in [-0.2, 0) is 4.74 Å². The summed E-state index contributed by atoms with van der Waals surface area (Å²) in [7, 11) is 0. The van der Waals surface area contributed by atoms with Crippen molar-refractivity contribution in [1.82, 2.24) is 0 Å². The molecule has 0 rings (SSSR count). The van der Waals surface area contributed by atoms with Gasteiger partial charge in [-0.25, -0.2) is 0 Å². The topological polar surface area (TPSA) is 9.23 Å². The molecule has 1 unspecified atom stereocenters. The van der Waals surface area contributed by atoms with Gasteiger partial charge in [0.25, 0.3) is 0 Å². The van der Waals surface area contributed by atoms with Gasteiger partial charge < -0.3 is 4.74 Å². The Morgan fingerprint density at radius 3 is 2.17 bits per heavy atom. The summed E-state index contributed by atoms with van der Waals surface area (Å²) in [5.41, 5.74) is -0.0773. The monoisotopic (exact) mass is 192 g/mol. The Hall–Kier alpha value is 0.250. The highest BCUT2D eigenvalue weighted by atomic mass is 35.5. The molecule has 0 aromatic rings. The van der Waals surface area contributed by atoms with Gasteiger partial charge in [-0.1, -0.05) is 38.8 Å². The van der Waals surface area contributed by atoms with Crippen LogP contribution in [0.1, 0.15) is 46.5 Å². The Morgan fingerprint density at radius 2 is 1.75 bits per heavy atom. The number of halogens is 1. The second-order valence-corrected chi connectivity index (χ2v) is 3.58. The van der Waals surface area contributed by atoms with Crippen molar-refractivity contribution in [2.45, 2.75) is 52.0 Å². The van der Waals surface area contributed by atoms with E-state index in [-0.39, 0.29) is 5.56 Å². The number of hydrogen-bond acceptors (Lipinski definition) is 1. The van der Waals surface area contributed by atoms with Gasteiger partial charge in [0.1, 0.15) is 5.56 Å². The van der Waals surface area contributed by atoms with E-state index in [9.17, 15) is 0 Å². The van der Waals surface area contributed by atoms with Crippen LogP contribution in [0.4, 0.5) is 0 Å². The molecule has 0 N–H and O–H groups in total. The molecule has 12 heavy (non-hydrogen) atoms. The highest BCUT2D eigenvalue weighted by Crippen LogP contribution is 2.19. The van der Waals surface area contributed by atoms with Crippen molar-refractivity contribution in [1.29, 1.82) is 0 Å². The van der Waals surface area contributed by atoms with Crippen LogP contribution in [-0.4, -0.2) is 12.2 Å². The molecule has 0 aliphatic heterocycles. The molecule has 74 valence electrons. The van der Waals surface area contributed by atoms with Gasteiger partial charge in [0, 0.05) is 6.61 Å². The molecule has 1 nitrogen and oxygen atoms in total. The van der Waals surface area contributed by atoms with Gasteiger partial charge in [-0.3, -0.25) is 0 Å². The van der Waals surface area contributed by atoms with Gasteiger partial charge in [-0.2, -0.15) is 0 Å². The minimum Gasteiger partial charge on any atom is -0.362 e. The molecule has 0 aromatic carbocycles. The summed E-state index contributed by atoms with van der Waals surface area (Å²) in [5, 5.41) is 0. The Kier molecular flexibility index (Phi) is 8.04. The van der Waals surface area contributed by atoms with Gasteiger partial charge in [0.05, 0.1) is 0 Å². The highest BCUT2D eigenvalue weighted by molar-refractivity contribution is 6.19. The van der Waals surface area contributed by atoms with Crippen LogP contribution in [0.25, 0.3) is 0 Å². The second-order valence-electron chi connectivity index (χ2n) is 3.15. The Bertz CT molecular complexity index is 91.8. The number of ether oxygens (including phenoxy) is 1. The lowest BCUT2D eigenvalue weighted by Gasteiger charge is -2.19. The van der Waals surface area contributed by atoms with E-state index in [1.54, 1.807) is 0 Å². The van der Waals surface area contributed by atoms with Crippen LogP contribution in [0.2, 0.25) is 0 Å². The predicted molar refractivity (Wildman–Crippen MR) is 54.6 cm³/mol. The van der Waals surface area contributed by atoms with E-state index in [1.807, 2.05) is 0 Å². The lowest BCUT2D eigenvalue weighted by Crippen LogP contribution is -2.17. The van der Waals surface area contributed by atoms with Gasteiger partial charge in [0.15, 0.2) is 0 Å². The average molecular weight is 193 g/mol. The molecular formula is C10H21ClO. The predicted octanol–water partition coefficient (Wildman–Crippen LogP) is 3.80. The van der Waals surface area contributed by atoms with E-state index < -0.39 is 0 Å². The fourth-order valence-electron chi connectivity index (χ4n) is 1.14. The van der Waals surface area contributed by atoms with Crippen molar-refractivity contribution >= 4 is 11.6 Å². The summed E-state index contributed by atoms with van der Waals surface area (Å²) in [5.74, 6) is 0.517. The lowest BCUT2D eigenvalue weighted by molar-refractivity contribution is 0.0631. The number of rotatable bonds is 7. The fourth-order valence-corrected chi connectivity index (χ4v) is 1.58. The molecular weight excluding hydrogens is 172 g/mol.